The molecule has 2 aliphatic heterocycles. The molecule has 0 bridgehead atoms. The van der Waals surface area contributed by atoms with Gasteiger partial charge in [0.15, 0.2) is 0 Å². The second-order valence-corrected chi connectivity index (χ2v) is 10.2. The van der Waals surface area contributed by atoms with E-state index < -0.39 is 52.9 Å². The maximum Gasteiger partial charge on any atom is 0.329 e. The third-order valence-corrected chi connectivity index (χ3v) is 6.39. The van der Waals surface area contributed by atoms with Gasteiger partial charge >= 0.3 is 17.8 Å². The largest absolute Gasteiger partial charge is 0.389 e. The molecule has 2 atom stereocenters. The fraction of sp³-hybridized carbons (Fsp3) is 0.522. The number of aliphatic hydroxyl groups is 2. The average molecular weight is 503 g/mol. The number of hydrogen-bond acceptors (Lipinski definition) is 7. The molecule has 194 valence electrons. The quantitative estimate of drug-likeness (QED) is 0.342. The van der Waals surface area contributed by atoms with E-state index in [-0.39, 0.29) is 26.2 Å². The first kappa shape index (κ1) is 25.4. The summed E-state index contributed by atoms with van der Waals surface area (Å²) in [5.74, 6) is -0.957. The number of urea groups is 2. The summed E-state index contributed by atoms with van der Waals surface area (Å²) in [4.78, 5) is 64.3. The SMILES string of the molecule is CC1(C)NC(=O)N(C[C@@H](O)Cn2c(=O)n(C[C@@H](O)CN3C(=O)NC(C)(C)C3=O)c3ccccc32)C1=O. The number of hydrogen-bond donors (Lipinski definition) is 4. The Kier molecular flexibility index (Phi) is 6.17. The van der Waals surface area contributed by atoms with Gasteiger partial charge in [0.25, 0.3) is 11.8 Å². The van der Waals surface area contributed by atoms with Crippen LogP contribution in [0.1, 0.15) is 27.7 Å². The highest BCUT2D eigenvalue weighted by atomic mass is 16.3. The van der Waals surface area contributed by atoms with Crippen LogP contribution >= 0.6 is 0 Å². The average Bonchev–Trinajstić information content (AvgIpc) is 3.24. The molecule has 1 aromatic carbocycles. The van der Waals surface area contributed by atoms with E-state index in [0.29, 0.717) is 11.0 Å². The van der Waals surface area contributed by atoms with Gasteiger partial charge in [0.05, 0.1) is 49.4 Å². The first-order chi connectivity index (χ1) is 16.7. The molecule has 2 saturated heterocycles. The smallest absolute Gasteiger partial charge is 0.329 e. The molecule has 13 nitrogen and oxygen atoms in total. The van der Waals surface area contributed by atoms with Crippen LogP contribution in [0, 0.1) is 0 Å². The molecular weight excluding hydrogens is 472 g/mol. The van der Waals surface area contributed by atoms with Crippen LogP contribution in [0.5, 0.6) is 0 Å². The van der Waals surface area contributed by atoms with Crippen molar-refractivity contribution in [3.05, 3.63) is 34.7 Å². The van der Waals surface area contributed by atoms with Crippen LogP contribution in [-0.4, -0.2) is 89.4 Å². The lowest BCUT2D eigenvalue weighted by molar-refractivity contribution is -0.131. The van der Waals surface area contributed by atoms with Gasteiger partial charge in [0.1, 0.15) is 11.1 Å². The first-order valence-corrected chi connectivity index (χ1v) is 11.6. The Labute approximate surface area is 206 Å². The number of β-amino-alcohol motifs (C(OH)–C–C–N with tert-alkyl or cyclic N) is 2. The zero-order valence-electron chi connectivity index (χ0n) is 20.5. The zero-order chi connectivity index (χ0) is 26.6. The summed E-state index contributed by atoms with van der Waals surface area (Å²) in [5.41, 5.74) is -1.75. The number of nitrogens with zero attached hydrogens (tertiary/aromatic N) is 4. The van der Waals surface area contributed by atoms with E-state index in [4.69, 9.17) is 0 Å². The van der Waals surface area contributed by atoms with Crippen LogP contribution in [0.4, 0.5) is 9.59 Å². The van der Waals surface area contributed by atoms with Crippen molar-refractivity contribution in [2.24, 2.45) is 0 Å². The number of aliphatic hydroxyl groups excluding tert-OH is 2. The predicted molar refractivity (Wildman–Crippen MR) is 127 cm³/mol. The molecule has 2 aliphatic rings. The summed E-state index contributed by atoms with van der Waals surface area (Å²) >= 11 is 0. The van der Waals surface area contributed by atoms with Gasteiger partial charge in [-0.2, -0.15) is 0 Å². The van der Waals surface area contributed by atoms with Crippen molar-refractivity contribution in [2.45, 2.75) is 64.1 Å². The molecule has 13 heteroatoms. The minimum absolute atomic E-state index is 0.207. The van der Waals surface area contributed by atoms with E-state index in [0.717, 1.165) is 9.80 Å². The predicted octanol–water partition coefficient (Wildman–Crippen LogP) is -0.814. The Morgan fingerprint density at radius 3 is 1.36 bits per heavy atom. The van der Waals surface area contributed by atoms with Crippen LogP contribution in [-0.2, 0) is 22.7 Å². The molecular formula is C23H30N6O7. The van der Waals surface area contributed by atoms with Gasteiger partial charge in [0.2, 0.25) is 0 Å². The van der Waals surface area contributed by atoms with E-state index in [1.165, 1.54) is 9.13 Å². The molecule has 2 fully saturated rings. The molecule has 3 heterocycles. The number of aromatic nitrogens is 2. The van der Waals surface area contributed by atoms with Crippen molar-refractivity contribution in [2.75, 3.05) is 13.1 Å². The van der Waals surface area contributed by atoms with Crippen LogP contribution in [0.15, 0.2) is 29.1 Å². The number of carbonyl (C=O) groups is 4. The molecule has 4 rings (SSSR count). The number of nitrogens with one attached hydrogen (secondary N) is 2. The Bertz CT molecular complexity index is 1210. The van der Waals surface area contributed by atoms with Gasteiger partial charge in [-0.3, -0.25) is 28.5 Å². The maximum absolute atomic E-state index is 13.3. The number of benzene rings is 1. The molecule has 36 heavy (non-hydrogen) atoms. The number of imidazole rings is 1. The molecule has 0 saturated carbocycles. The lowest BCUT2D eigenvalue weighted by Crippen LogP contribution is -2.43. The Morgan fingerprint density at radius 2 is 1.06 bits per heavy atom. The van der Waals surface area contributed by atoms with Gasteiger partial charge in [-0.15, -0.1) is 0 Å². The number of para-hydroxylation sites is 2. The molecule has 6 amide bonds. The van der Waals surface area contributed by atoms with E-state index >= 15 is 0 Å². The summed E-state index contributed by atoms with van der Waals surface area (Å²) < 4.78 is 2.60. The van der Waals surface area contributed by atoms with Crippen molar-refractivity contribution in [3.8, 4) is 0 Å². The van der Waals surface area contributed by atoms with E-state index in [9.17, 15) is 34.2 Å². The van der Waals surface area contributed by atoms with Gasteiger partial charge in [-0.25, -0.2) is 14.4 Å². The topological polar surface area (TPSA) is 166 Å². The molecule has 4 N–H and O–H groups in total. The van der Waals surface area contributed by atoms with E-state index in [2.05, 4.69) is 10.6 Å². The molecule has 1 aromatic heterocycles. The Morgan fingerprint density at radius 1 is 0.694 bits per heavy atom. The minimum Gasteiger partial charge on any atom is -0.389 e. The van der Waals surface area contributed by atoms with Gasteiger partial charge in [0, 0.05) is 0 Å². The molecule has 0 spiro atoms. The number of carbonyl (C=O) groups excluding carboxylic acids is 4. The van der Waals surface area contributed by atoms with Crippen molar-refractivity contribution in [3.63, 3.8) is 0 Å². The molecule has 0 aliphatic carbocycles. The highest BCUT2D eigenvalue weighted by Crippen LogP contribution is 2.20. The maximum atomic E-state index is 13.3. The summed E-state index contributed by atoms with van der Waals surface area (Å²) in [6, 6.07) is 5.52. The van der Waals surface area contributed by atoms with E-state index in [1.54, 1.807) is 52.0 Å². The van der Waals surface area contributed by atoms with Crippen LogP contribution in [0.25, 0.3) is 11.0 Å². The third kappa shape index (κ3) is 4.35. The molecule has 0 radical (unpaired) electrons. The monoisotopic (exact) mass is 502 g/mol. The van der Waals surface area contributed by atoms with Crippen molar-refractivity contribution in [1.29, 1.82) is 0 Å². The lowest BCUT2D eigenvalue weighted by atomic mass is 10.1. The molecule has 0 unspecified atom stereocenters. The summed E-state index contributed by atoms with van der Waals surface area (Å²) in [5, 5.41) is 26.4. The second kappa shape index (κ2) is 8.75. The lowest BCUT2D eigenvalue weighted by Gasteiger charge is -2.20. The number of rotatable bonds is 8. The fourth-order valence-corrected chi connectivity index (χ4v) is 4.55. The van der Waals surface area contributed by atoms with Crippen molar-refractivity contribution < 1.29 is 29.4 Å². The van der Waals surface area contributed by atoms with Gasteiger partial charge in [-0.05, 0) is 39.8 Å². The van der Waals surface area contributed by atoms with E-state index in [1.807, 2.05) is 0 Å². The fourth-order valence-electron chi connectivity index (χ4n) is 4.55. The highest BCUT2D eigenvalue weighted by Gasteiger charge is 2.45. The normalized spacial score (nSPS) is 20.7. The number of imide groups is 2. The van der Waals surface area contributed by atoms with Crippen molar-refractivity contribution >= 4 is 34.9 Å². The zero-order valence-corrected chi connectivity index (χ0v) is 20.5. The summed E-state index contributed by atoms with van der Waals surface area (Å²) in [6.07, 6.45) is -2.47. The van der Waals surface area contributed by atoms with Crippen LogP contribution in [0.2, 0.25) is 0 Å². The molecule has 2 aromatic rings. The second-order valence-electron chi connectivity index (χ2n) is 10.2. The van der Waals surface area contributed by atoms with Gasteiger partial charge in [-0.1, -0.05) is 12.1 Å². The van der Waals surface area contributed by atoms with Gasteiger partial charge < -0.3 is 20.8 Å². The van der Waals surface area contributed by atoms with Crippen LogP contribution < -0.4 is 16.3 Å². The summed E-state index contributed by atoms with van der Waals surface area (Å²) in [6.45, 7) is 5.22. The first-order valence-electron chi connectivity index (χ1n) is 11.6. The highest BCUT2D eigenvalue weighted by molar-refractivity contribution is 6.07. The van der Waals surface area contributed by atoms with Crippen LogP contribution in [0.3, 0.4) is 0 Å². The third-order valence-electron chi connectivity index (χ3n) is 6.39. The minimum atomic E-state index is -1.23. The number of fused-ring (bicyclic) bond motifs is 1. The Hall–Kier alpha value is -3.71. The standard InChI is InChI=1S/C23H30N6O7/c1-22(2)17(32)28(19(34)24-22)11-13(30)9-26-15-7-5-6-8-16(15)27(21(26)36)10-14(31)12-29-18(33)23(3,4)25-20(29)35/h5-8,13-14,30-31H,9-12H2,1-4H3,(H,24,34)(H,25,35)/t13-,14+. The number of amides is 6. The Balaban J connectivity index is 1.54. The summed E-state index contributed by atoms with van der Waals surface area (Å²) in [7, 11) is 0. The van der Waals surface area contributed by atoms with Crippen molar-refractivity contribution in [1.82, 2.24) is 29.6 Å².